The summed E-state index contributed by atoms with van der Waals surface area (Å²) in [6.45, 7) is 0. The average molecular weight is 232 g/mol. The molecule has 0 atom stereocenters. The van der Waals surface area contributed by atoms with Gasteiger partial charge in [0.05, 0.1) is 5.69 Å². The summed E-state index contributed by atoms with van der Waals surface area (Å²) >= 11 is 5.65. The van der Waals surface area contributed by atoms with E-state index in [9.17, 15) is 0 Å². The Bertz CT molecular complexity index is 506. The summed E-state index contributed by atoms with van der Waals surface area (Å²) in [5, 5.41) is 0.266. The molecule has 1 aliphatic carbocycles. The first-order chi connectivity index (χ1) is 7.83. The molecule has 0 aliphatic heterocycles. The topological polar surface area (TPSA) is 38.7 Å². The van der Waals surface area contributed by atoms with E-state index in [-0.39, 0.29) is 5.28 Å². The number of hydrogen-bond donors (Lipinski definition) is 0. The molecular weight excluding hydrogens is 222 g/mol. The Morgan fingerprint density at radius 3 is 2.56 bits per heavy atom. The van der Waals surface area contributed by atoms with Crippen LogP contribution in [0.4, 0.5) is 0 Å². The van der Waals surface area contributed by atoms with E-state index in [1.807, 2.05) is 6.20 Å². The number of aromatic nitrogens is 3. The van der Waals surface area contributed by atoms with Crippen molar-refractivity contribution in [2.45, 2.75) is 18.8 Å². The Morgan fingerprint density at radius 1 is 1.12 bits per heavy atom. The SMILES string of the molecule is Clc1ncc(-c2cc(C3CC3)ccn2)cn1. The summed E-state index contributed by atoms with van der Waals surface area (Å²) in [7, 11) is 0. The van der Waals surface area contributed by atoms with E-state index in [2.05, 4.69) is 27.1 Å². The van der Waals surface area contributed by atoms with Crippen molar-refractivity contribution in [3.05, 3.63) is 41.6 Å². The molecule has 2 aromatic heterocycles. The number of rotatable bonds is 2. The normalized spacial score (nSPS) is 15.1. The van der Waals surface area contributed by atoms with Gasteiger partial charge in [-0.15, -0.1) is 0 Å². The van der Waals surface area contributed by atoms with Crippen molar-refractivity contribution in [1.82, 2.24) is 15.0 Å². The van der Waals surface area contributed by atoms with Gasteiger partial charge in [-0.05, 0) is 48.1 Å². The molecule has 4 heteroatoms. The second-order valence-corrected chi connectivity index (χ2v) is 4.33. The Hall–Kier alpha value is -1.48. The summed E-state index contributed by atoms with van der Waals surface area (Å²) in [5.41, 5.74) is 3.19. The molecule has 0 spiro atoms. The number of pyridine rings is 1. The Labute approximate surface area is 98.5 Å². The lowest BCUT2D eigenvalue weighted by Gasteiger charge is -2.02. The van der Waals surface area contributed by atoms with Crippen LogP contribution in [-0.4, -0.2) is 15.0 Å². The third-order valence-corrected chi connectivity index (χ3v) is 2.94. The Balaban J connectivity index is 1.98. The smallest absolute Gasteiger partial charge is 0.222 e. The fourth-order valence-electron chi connectivity index (χ4n) is 1.72. The van der Waals surface area contributed by atoms with Crippen LogP contribution in [0.5, 0.6) is 0 Å². The maximum absolute atomic E-state index is 5.65. The van der Waals surface area contributed by atoms with Gasteiger partial charge in [-0.1, -0.05) is 0 Å². The summed E-state index contributed by atoms with van der Waals surface area (Å²) < 4.78 is 0. The van der Waals surface area contributed by atoms with Gasteiger partial charge in [0, 0.05) is 24.2 Å². The van der Waals surface area contributed by atoms with Crippen molar-refractivity contribution in [3.63, 3.8) is 0 Å². The molecular formula is C12H10ClN3. The van der Waals surface area contributed by atoms with Crippen molar-refractivity contribution in [2.24, 2.45) is 0 Å². The van der Waals surface area contributed by atoms with Gasteiger partial charge in [-0.3, -0.25) is 4.98 Å². The molecule has 1 saturated carbocycles. The molecule has 0 radical (unpaired) electrons. The Morgan fingerprint density at radius 2 is 1.88 bits per heavy atom. The maximum Gasteiger partial charge on any atom is 0.222 e. The van der Waals surface area contributed by atoms with Gasteiger partial charge in [-0.25, -0.2) is 9.97 Å². The molecule has 3 rings (SSSR count). The third-order valence-electron chi connectivity index (χ3n) is 2.75. The fourth-order valence-corrected chi connectivity index (χ4v) is 1.82. The molecule has 1 aliphatic rings. The van der Waals surface area contributed by atoms with E-state index < -0.39 is 0 Å². The van der Waals surface area contributed by atoms with Crippen molar-refractivity contribution in [2.75, 3.05) is 0 Å². The summed E-state index contributed by atoms with van der Waals surface area (Å²) in [4.78, 5) is 12.2. The number of hydrogen-bond acceptors (Lipinski definition) is 3. The molecule has 0 bridgehead atoms. The quantitative estimate of drug-likeness (QED) is 0.746. The highest BCUT2D eigenvalue weighted by molar-refractivity contribution is 6.28. The highest BCUT2D eigenvalue weighted by Gasteiger charge is 2.23. The predicted octanol–water partition coefficient (Wildman–Crippen LogP) is 3.07. The standard InChI is InChI=1S/C12H10ClN3/c13-12-15-6-10(7-16-12)11-5-9(3-4-14-11)8-1-2-8/h3-8H,1-2H2. The second kappa shape index (κ2) is 3.83. The molecule has 1 fully saturated rings. The molecule has 16 heavy (non-hydrogen) atoms. The minimum Gasteiger partial charge on any atom is -0.256 e. The van der Waals surface area contributed by atoms with Crippen LogP contribution in [0.25, 0.3) is 11.3 Å². The highest BCUT2D eigenvalue weighted by Crippen LogP contribution is 2.40. The van der Waals surface area contributed by atoms with Gasteiger partial charge < -0.3 is 0 Å². The van der Waals surface area contributed by atoms with Crippen LogP contribution in [0.1, 0.15) is 24.3 Å². The fraction of sp³-hybridized carbons (Fsp3) is 0.250. The first kappa shape index (κ1) is 9.73. The van der Waals surface area contributed by atoms with E-state index in [1.54, 1.807) is 12.4 Å². The highest BCUT2D eigenvalue weighted by atomic mass is 35.5. The lowest BCUT2D eigenvalue weighted by Crippen LogP contribution is -1.89. The van der Waals surface area contributed by atoms with Gasteiger partial charge in [0.1, 0.15) is 0 Å². The maximum atomic E-state index is 5.65. The zero-order valence-corrected chi connectivity index (χ0v) is 9.35. The van der Waals surface area contributed by atoms with Crippen molar-refractivity contribution in [1.29, 1.82) is 0 Å². The van der Waals surface area contributed by atoms with Gasteiger partial charge in [0.2, 0.25) is 5.28 Å². The second-order valence-electron chi connectivity index (χ2n) is 3.99. The molecule has 2 heterocycles. The molecule has 0 saturated heterocycles. The van der Waals surface area contributed by atoms with Crippen LogP contribution in [0.2, 0.25) is 5.28 Å². The van der Waals surface area contributed by atoms with Gasteiger partial charge in [-0.2, -0.15) is 0 Å². The van der Waals surface area contributed by atoms with E-state index >= 15 is 0 Å². The van der Waals surface area contributed by atoms with Gasteiger partial charge in [0.15, 0.2) is 0 Å². The first-order valence-corrected chi connectivity index (χ1v) is 5.64. The molecule has 3 nitrogen and oxygen atoms in total. The van der Waals surface area contributed by atoms with Crippen LogP contribution in [0.15, 0.2) is 30.7 Å². The minimum absolute atomic E-state index is 0.266. The molecule has 0 amide bonds. The molecule has 0 aromatic carbocycles. The summed E-state index contributed by atoms with van der Waals surface area (Å²) in [6, 6.07) is 4.20. The molecule has 0 N–H and O–H groups in total. The zero-order chi connectivity index (χ0) is 11.0. The zero-order valence-electron chi connectivity index (χ0n) is 8.60. The van der Waals surface area contributed by atoms with Gasteiger partial charge in [0.25, 0.3) is 0 Å². The largest absolute Gasteiger partial charge is 0.256 e. The van der Waals surface area contributed by atoms with E-state index in [0.29, 0.717) is 0 Å². The van der Waals surface area contributed by atoms with Crippen LogP contribution >= 0.6 is 11.6 Å². The third kappa shape index (κ3) is 1.91. The monoisotopic (exact) mass is 231 g/mol. The van der Waals surface area contributed by atoms with Crippen LogP contribution in [0.3, 0.4) is 0 Å². The lowest BCUT2D eigenvalue weighted by molar-refractivity contribution is 1.10. The Kier molecular flexibility index (Phi) is 2.33. The summed E-state index contributed by atoms with van der Waals surface area (Å²) in [6.07, 6.45) is 7.83. The minimum atomic E-state index is 0.266. The van der Waals surface area contributed by atoms with E-state index in [4.69, 9.17) is 11.6 Å². The average Bonchev–Trinajstić information content (AvgIpc) is 3.14. The molecule has 2 aromatic rings. The van der Waals surface area contributed by atoms with Gasteiger partial charge >= 0.3 is 0 Å². The van der Waals surface area contributed by atoms with E-state index in [1.165, 1.54) is 18.4 Å². The number of nitrogens with zero attached hydrogens (tertiary/aromatic N) is 3. The first-order valence-electron chi connectivity index (χ1n) is 5.27. The van der Waals surface area contributed by atoms with E-state index in [0.717, 1.165) is 17.2 Å². The predicted molar refractivity (Wildman–Crippen MR) is 62.2 cm³/mol. The van der Waals surface area contributed by atoms with Crippen molar-refractivity contribution in [3.8, 4) is 11.3 Å². The lowest BCUT2D eigenvalue weighted by atomic mass is 10.1. The van der Waals surface area contributed by atoms with Crippen molar-refractivity contribution < 1.29 is 0 Å². The van der Waals surface area contributed by atoms with Crippen LogP contribution in [0, 0.1) is 0 Å². The summed E-state index contributed by atoms with van der Waals surface area (Å²) in [5.74, 6) is 0.731. The molecule has 80 valence electrons. The number of halogens is 1. The van der Waals surface area contributed by atoms with Crippen LogP contribution < -0.4 is 0 Å². The van der Waals surface area contributed by atoms with Crippen LogP contribution in [-0.2, 0) is 0 Å². The molecule has 0 unspecified atom stereocenters. The van der Waals surface area contributed by atoms with Crippen molar-refractivity contribution >= 4 is 11.6 Å².